The van der Waals surface area contributed by atoms with Crippen LogP contribution in [0, 0.1) is 0 Å². The summed E-state index contributed by atoms with van der Waals surface area (Å²) in [6.45, 7) is 22.5. The largest absolute Gasteiger partial charge is 0.463 e. The molecule has 0 amide bonds. The Morgan fingerprint density at radius 1 is 0.427 bits per heavy atom. The second kappa shape index (κ2) is 30.5. The van der Waals surface area contributed by atoms with Crippen molar-refractivity contribution < 1.29 is 58.6 Å². The molecule has 4 atom stereocenters. The molecular formula is C61H78N2O12. The summed E-state index contributed by atoms with van der Waals surface area (Å²) in [5.41, 5.74) is 8.04. The zero-order valence-corrected chi connectivity index (χ0v) is 44.2. The van der Waals surface area contributed by atoms with E-state index in [-0.39, 0.29) is 89.1 Å². The second-order valence-corrected chi connectivity index (χ2v) is 20.2. The first-order chi connectivity index (χ1) is 35.7. The van der Waals surface area contributed by atoms with Gasteiger partial charge in [0, 0.05) is 37.6 Å². The van der Waals surface area contributed by atoms with Crippen molar-refractivity contribution in [2.24, 2.45) is 0 Å². The second-order valence-electron chi connectivity index (χ2n) is 20.2. The van der Waals surface area contributed by atoms with E-state index in [0.717, 1.165) is 40.0 Å². The fraction of sp³-hybridized carbons (Fsp3) is 0.410. The highest BCUT2D eigenvalue weighted by Gasteiger charge is 2.32. The number of anilines is 2. The van der Waals surface area contributed by atoms with Crippen LogP contribution in [0.1, 0.15) is 93.2 Å². The molecular weight excluding hydrogens is 953 g/mol. The molecule has 0 saturated heterocycles. The SMILES string of the molecule is C=CCC(=O)OCC(O)CN(CC(O)COC(=O)CC=C)c1ccc(Cc2ccc(C(C)(C)CC(C)(C)c3ccc(Cc4ccc(N(CC(O)COC(=O)CC=C)CC(O)COC(=O)CC=C)cc4)cc3)cc2)cc1. The summed E-state index contributed by atoms with van der Waals surface area (Å²) >= 11 is 0. The molecule has 0 spiro atoms. The molecule has 0 aromatic heterocycles. The molecule has 0 heterocycles. The van der Waals surface area contributed by atoms with Gasteiger partial charge in [0.25, 0.3) is 0 Å². The van der Waals surface area contributed by atoms with E-state index in [1.165, 1.54) is 35.4 Å². The highest BCUT2D eigenvalue weighted by atomic mass is 16.6. The van der Waals surface area contributed by atoms with Gasteiger partial charge >= 0.3 is 23.9 Å². The third kappa shape index (κ3) is 21.5. The Morgan fingerprint density at radius 3 is 0.880 bits per heavy atom. The van der Waals surface area contributed by atoms with E-state index in [9.17, 15) is 39.6 Å². The van der Waals surface area contributed by atoms with Crippen LogP contribution in [0.2, 0.25) is 0 Å². The normalized spacial score (nSPS) is 13.0. The van der Waals surface area contributed by atoms with Gasteiger partial charge in [-0.3, -0.25) is 19.2 Å². The van der Waals surface area contributed by atoms with Crippen molar-refractivity contribution in [2.75, 3.05) is 62.4 Å². The molecule has 0 aliphatic carbocycles. The number of aliphatic hydroxyl groups excluding tert-OH is 4. The smallest absolute Gasteiger partial charge is 0.309 e. The number of ether oxygens (including phenoxy) is 4. The van der Waals surface area contributed by atoms with Crippen LogP contribution < -0.4 is 9.80 Å². The summed E-state index contributed by atoms with van der Waals surface area (Å²) in [5, 5.41) is 43.0. The maximum absolute atomic E-state index is 11.9. The molecule has 0 radical (unpaired) electrons. The van der Waals surface area contributed by atoms with E-state index >= 15 is 0 Å². The maximum Gasteiger partial charge on any atom is 0.309 e. The van der Waals surface area contributed by atoms with Crippen molar-refractivity contribution in [1.29, 1.82) is 0 Å². The average Bonchev–Trinajstić information content (AvgIpc) is 3.37. The number of rotatable bonds is 34. The lowest BCUT2D eigenvalue weighted by Crippen LogP contribution is -2.41. The summed E-state index contributed by atoms with van der Waals surface area (Å²) in [6.07, 6.45) is 3.92. The van der Waals surface area contributed by atoms with E-state index in [4.69, 9.17) is 18.9 Å². The van der Waals surface area contributed by atoms with Crippen LogP contribution in [-0.2, 0) is 61.8 Å². The Labute approximate surface area is 443 Å². The van der Waals surface area contributed by atoms with E-state index in [1.807, 2.05) is 48.5 Å². The zero-order valence-electron chi connectivity index (χ0n) is 44.2. The van der Waals surface area contributed by atoms with Gasteiger partial charge in [-0.05, 0) is 87.7 Å². The molecule has 14 nitrogen and oxygen atoms in total. The lowest BCUT2D eigenvalue weighted by Gasteiger charge is -2.36. The fourth-order valence-electron chi connectivity index (χ4n) is 8.84. The van der Waals surface area contributed by atoms with Gasteiger partial charge in [-0.2, -0.15) is 0 Å². The van der Waals surface area contributed by atoms with Crippen molar-refractivity contribution >= 4 is 35.3 Å². The zero-order chi connectivity index (χ0) is 55.0. The number of carbonyl (C=O) groups excluding carboxylic acids is 4. The number of hydrogen-bond acceptors (Lipinski definition) is 14. The Bertz CT molecular complexity index is 2210. The van der Waals surface area contributed by atoms with Gasteiger partial charge in [0.05, 0.1) is 25.7 Å². The van der Waals surface area contributed by atoms with Crippen LogP contribution >= 0.6 is 0 Å². The molecule has 4 rings (SSSR count). The predicted octanol–water partition coefficient (Wildman–Crippen LogP) is 8.05. The van der Waals surface area contributed by atoms with Crippen LogP contribution in [0.4, 0.5) is 11.4 Å². The first kappa shape index (κ1) is 60.7. The average molecular weight is 1030 g/mol. The number of esters is 4. The van der Waals surface area contributed by atoms with Gasteiger partial charge in [-0.25, -0.2) is 0 Å². The Balaban J connectivity index is 1.37. The number of hydrogen-bond donors (Lipinski definition) is 4. The molecule has 4 aromatic rings. The number of benzene rings is 4. The predicted molar refractivity (Wildman–Crippen MR) is 294 cm³/mol. The van der Waals surface area contributed by atoms with Gasteiger partial charge in [0.1, 0.15) is 50.8 Å². The molecule has 0 aliphatic rings. The van der Waals surface area contributed by atoms with Crippen molar-refractivity contribution in [2.45, 2.75) is 108 Å². The van der Waals surface area contributed by atoms with Gasteiger partial charge < -0.3 is 49.2 Å². The van der Waals surface area contributed by atoms with Crippen LogP contribution in [0.25, 0.3) is 0 Å². The molecule has 0 bridgehead atoms. The van der Waals surface area contributed by atoms with Crippen LogP contribution in [0.3, 0.4) is 0 Å². The van der Waals surface area contributed by atoms with E-state index in [0.29, 0.717) is 12.8 Å². The minimum Gasteiger partial charge on any atom is -0.463 e. The van der Waals surface area contributed by atoms with Crippen molar-refractivity contribution in [3.05, 3.63) is 181 Å². The lowest BCUT2D eigenvalue weighted by atomic mass is 9.68. The molecule has 0 saturated carbocycles. The van der Waals surface area contributed by atoms with Crippen molar-refractivity contribution in [3.8, 4) is 0 Å². The van der Waals surface area contributed by atoms with Gasteiger partial charge in [-0.1, -0.05) is 125 Å². The fourth-order valence-corrected chi connectivity index (χ4v) is 8.84. The Kier molecular flexibility index (Phi) is 24.7. The van der Waals surface area contributed by atoms with Crippen LogP contribution in [0.15, 0.2) is 148 Å². The highest BCUT2D eigenvalue weighted by Crippen LogP contribution is 2.39. The number of nitrogens with zero attached hydrogens (tertiary/aromatic N) is 2. The maximum atomic E-state index is 11.9. The number of carbonyl (C=O) groups is 4. The Hall–Kier alpha value is -6.84. The third-order valence-electron chi connectivity index (χ3n) is 12.5. The molecule has 4 N–H and O–H groups in total. The van der Waals surface area contributed by atoms with E-state index in [1.54, 1.807) is 9.80 Å². The summed E-state index contributed by atoms with van der Waals surface area (Å²) in [7, 11) is 0. The Morgan fingerprint density at radius 2 is 0.653 bits per heavy atom. The molecule has 0 fully saturated rings. The highest BCUT2D eigenvalue weighted by molar-refractivity contribution is 5.72. The monoisotopic (exact) mass is 1030 g/mol. The first-order valence-corrected chi connectivity index (χ1v) is 25.4. The van der Waals surface area contributed by atoms with E-state index in [2.05, 4.69) is 103 Å². The van der Waals surface area contributed by atoms with E-state index < -0.39 is 48.3 Å². The summed E-state index contributed by atoms with van der Waals surface area (Å²) < 4.78 is 20.6. The van der Waals surface area contributed by atoms with Gasteiger partial charge in [0.2, 0.25) is 0 Å². The van der Waals surface area contributed by atoms with Crippen LogP contribution in [-0.4, -0.2) is 121 Å². The van der Waals surface area contributed by atoms with Crippen molar-refractivity contribution in [3.63, 3.8) is 0 Å². The molecule has 14 heteroatoms. The minimum atomic E-state index is -1.04. The standard InChI is InChI=1S/C61H78N2O12/c1-9-13-56(68)72-39-52(64)35-62(36-53(65)40-73-57(69)14-10-2)50-29-21-46(22-30-50)33-44-17-25-48(26-18-44)60(5,6)43-61(7,8)49-27-19-45(20-28-49)34-47-23-31-51(32-24-47)63(37-54(66)41-74-58(70)15-11-3)38-55(67)42-75-59(71)16-12-4/h9-12,17-32,52-55,64-67H,1-4,13-16,33-43H2,5-8H3. The quantitative estimate of drug-likeness (QED) is 0.0200. The molecule has 0 aliphatic heterocycles. The molecule has 75 heavy (non-hydrogen) atoms. The topological polar surface area (TPSA) is 193 Å². The summed E-state index contributed by atoms with van der Waals surface area (Å²) in [6, 6.07) is 33.2. The number of aliphatic hydroxyl groups is 4. The first-order valence-electron chi connectivity index (χ1n) is 25.4. The summed E-state index contributed by atoms with van der Waals surface area (Å²) in [4.78, 5) is 51.0. The molecule has 4 unspecified atom stereocenters. The molecule has 404 valence electrons. The summed E-state index contributed by atoms with van der Waals surface area (Å²) in [5.74, 6) is -2.00. The molecule has 4 aromatic carbocycles. The minimum absolute atomic E-state index is 0.0275. The van der Waals surface area contributed by atoms with Crippen LogP contribution in [0.5, 0.6) is 0 Å². The van der Waals surface area contributed by atoms with Crippen molar-refractivity contribution in [1.82, 2.24) is 0 Å². The lowest BCUT2D eigenvalue weighted by molar-refractivity contribution is -0.146. The van der Waals surface area contributed by atoms with Gasteiger partial charge in [-0.15, -0.1) is 26.3 Å². The van der Waals surface area contributed by atoms with Gasteiger partial charge in [0.15, 0.2) is 0 Å². The third-order valence-corrected chi connectivity index (χ3v) is 12.5.